The van der Waals surface area contributed by atoms with Crippen molar-refractivity contribution in [2.45, 2.75) is 13.1 Å². The monoisotopic (exact) mass is 484 g/mol. The summed E-state index contributed by atoms with van der Waals surface area (Å²) in [5.41, 5.74) is 4.46. The lowest BCUT2D eigenvalue weighted by atomic mass is 10.0. The van der Waals surface area contributed by atoms with Crippen molar-refractivity contribution in [3.8, 4) is 11.1 Å². The standard InChI is InChI=1S/C21H14FIN4O/c22-18-9-14(13-5-6-19-16(8-13)11-27(23)25-19)3-4-15(18)10-26-12-20-17(21(26)28)2-1-7-24-20/h1-9,11H,10,12H2. The van der Waals surface area contributed by atoms with Crippen LogP contribution in [-0.2, 0) is 13.1 Å². The number of carbonyl (C=O) groups excluding carboxylic acids is 1. The number of amides is 1. The maximum atomic E-state index is 14.8. The van der Waals surface area contributed by atoms with Crippen molar-refractivity contribution in [1.29, 1.82) is 0 Å². The highest BCUT2D eigenvalue weighted by atomic mass is 127. The zero-order valence-corrected chi connectivity index (χ0v) is 16.8. The van der Waals surface area contributed by atoms with Crippen LogP contribution >= 0.6 is 22.9 Å². The number of pyridine rings is 1. The Morgan fingerprint density at radius 3 is 2.75 bits per heavy atom. The van der Waals surface area contributed by atoms with Gasteiger partial charge in [-0.15, -0.1) is 0 Å². The molecule has 0 N–H and O–H groups in total. The minimum atomic E-state index is -0.320. The Bertz CT molecular complexity index is 1240. The van der Waals surface area contributed by atoms with Gasteiger partial charge in [0, 0.05) is 29.9 Å². The van der Waals surface area contributed by atoms with Gasteiger partial charge in [0.05, 0.1) is 46.2 Å². The Labute approximate surface area is 174 Å². The summed E-state index contributed by atoms with van der Waals surface area (Å²) in [4.78, 5) is 18.3. The molecule has 1 aliphatic rings. The molecule has 1 amide bonds. The molecule has 0 aliphatic carbocycles. The molecule has 5 nitrogen and oxygen atoms in total. The molecule has 5 rings (SSSR count). The molecule has 0 saturated carbocycles. The number of hydrogen-bond donors (Lipinski definition) is 0. The van der Waals surface area contributed by atoms with Crippen LogP contribution in [0.3, 0.4) is 0 Å². The summed E-state index contributed by atoms with van der Waals surface area (Å²) in [7, 11) is 0. The SMILES string of the molecule is O=C1c2cccnc2CN1Cc1ccc(-c2ccc3nn(I)cc3c2)cc1F. The zero-order chi connectivity index (χ0) is 19.3. The highest BCUT2D eigenvalue weighted by Gasteiger charge is 2.28. The zero-order valence-electron chi connectivity index (χ0n) is 14.6. The maximum absolute atomic E-state index is 14.8. The number of aromatic nitrogens is 3. The minimum absolute atomic E-state index is 0.104. The van der Waals surface area contributed by atoms with E-state index in [9.17, 15) is 9.18 Å². The number of hydrogen-bond acceptors (Lipinski definition) is 3. The molecule has 4 aromatic rings. The third-order valence-corrected chi connectivity index (χ3v) is 5.47. The van der Waals surface area contributed by atoms with Gasteiger partial charge in [-0.3, -0.25) is 9.78 Å². The fraction of sp³-hybridized carbons (Fsp3) is 0.0952. The first kappa shape index (κ1) is 17.3. The van der Waals surface area contributed by atoms with Crippen LogP contribution in [0.25, 0.3) is 22.0 Å². The third kappa shape index (κ3) is 2.95. The van der Waals surface area contributed by atoms with Crippen molar-refractivity contribution in [2.75, 3.05) is 0 Å². The van der Waals surface area contributed by atoms with Crippen molar-refractivity contribution in [3.05, 3.63) is 83.6 Å². The van der Waals surface area contributed by atoms with Crippen LogP contribution in [0, 0.1) is 5.82 Å². The summed E-state index contributed by atoms with van der Waals surface area (Å²) in [6.45, 7) is 0.634. The van der Waals surface area contributed by atoms with Crippen LogP contribution in [-0.4, -0.2) is 23.8 Å². The van der Waals surface area contributed by atoms with E-state index in [0.29, 0.717) is 17.7 Å². The van der Waals surface area contributed by atoms with E-state index in [2.05, 4.69) is 32.9 Å². The van der Waals surface area contributed by atoms with Crippen molar-refractivity contribution < 1.29 is 9.18 Å². The van der Waals surface area contributed by atoms with E-state index in [1.54, 1.807) is 32.2 Å². The van der Waals surface area contributed by atoms with Crippen LogP contribution in [0.2, 0.25) is 0 Å². The lowest BCUT2D eigenvalue weighted by Gasteiger charge is -2.16. The van der Waals surface area contributed by atoms with E-state index in [0.717, 1.165) is 27.7 Å². The molecule has 138 valence electrons. The normalized spacial score (nSPS) is 13.4. The molecule has 0 saturated heterocycles. The molecule has 1 aliphatic heterocycles. The topological polar surface area (TPSA) is 51.0 Å². The lowest BCUT2D eigenvalue weighted by molar-refractivity contribution is 0.0765. The third-order valence-electron chi connectivity index (χ3n) is 4.97. The molecular weight excluding hydrogens is 470 g/mol. The highest BCUT2D eigenvalue weighted by Crippen LogP contribution is 2.28. The number of rotatable bonds is 3. The van der Waals surface area contributed by atoms with Gasteiger partial charge >= 0.3 is 0 Å². The molecule has 2 aromatic carbocycles. The van der Waals surface area contributed by atoms with Gasteiger partial charge in [-0.25, -0.2) is 7.29 Å². The fourth-order valence-corrected chi connectivity index (χ4v) is 4.08. The molecule has 0 atom stereocenters. The molecule has 0 unspecified atom stereocenters. The molecule has 7 heteroatoms. The Morgan fingerprint density at radius 2 is 1.93 bits per heavy atom. The number of carbonyl (C=O) groups is 1. The first-order valence-electron chi connectivity index (χ1n) is 8.76. The van der Waals surface area contributed by atoms with Gasteiger partial charge in [0.2, 0.25) is 0 Å². The molecule has 28 heavy (non-hydrogen) atoms. The molecule has 0 bridgehead atoms. The van der Waals surface area contributed by atoms with Crippen molar-refractivity contribution in [1.82, 2.24) is 17.9 Å². The summed E-state index contributed by atoms with van der Waals surface area (Å²) in [6.07, 6.45) is 3.60. The quantitative estimate of drug-likeness (QED) is 0.400. The first-order valence-corrected chi connectivity index (χ1v) is 9.72. The smallest absolute Gasteiger partial charge is 0.256 e. The molecule has 0 radical (unpaired) electrons. The minimum Gasteiger partial charge on any atom is -0.328 e. The van der Waals surface area contributed by atoms with Gasteiger partial charge in [0.15, 0.2) is 0 Å². The van der Waals surface area contributed by atoms with Gasteiger partial charge in [-0.2, -0.15) is 5.10 Å². The largest absolute Gasteiger partial charge is 0.328 e. The predicted octanol–water partition coefficient (Wildman–Crippen LogP) is 4.59. The average Bonchev–Trinajstić information content (AvgIpc) is 3.22. The molecule has 3 heterocycles. The van der Waals surface area contributed by atoms with Gasteiger partial charge in [-0.05, 0) is 41.5 Å². The van der Waals surface area contributed by atoms with Crippen LogP contribution in [0.4, 0.5) is 4.39 Å². The van der Waals surface area contributed by atoms with Crippen LogP contribution < -0.4 is 0 Å². The summed E-state index contributed by atoms with van der Waals surface area (Å²) in [5, 5.41) is 5.35. The molecule has 2 aromatic heterocycles. The van der Waals surface area contributed by atoms with Gasteiger partial charge < -0.3 is 4.90 Å². The van der Waals surface area contributed by atoms with E-state index >= 15 is 0 Å². The average molecular weight is 484 g/mol. The lowest BCUT2D eigenvalue weighted by Crippen LogP contribution is -2.23. The number of halogens is 2. The second-order valence-corrected chi connectivity index (χ2v) is 7.74. The number of benzene rings is 2. The molecular formula is C21H14FIN4O. The Morgan fingerprint density at radius 1 is 1.11 bits per heavy atom. The maximum Gasteiger partial charge on any atom is 0.256 e. The molecule has 0 spiro atoms. The van der Waals surface area contributed by atoms with Crippen LogP contribution in [0.1, 0.15) is 21.6 Å². The van der Waals surface area contributed by atoms with Crippen LogP contribution in [0.15, 0.2) is 60.9 Å². The highest BCUT2D eigenvalue weighted by molar-refractivity contribution is 14.1. The predicted molar refractivity (Wildman–Crippen MR) is 112 cm³/mol. The van der Waals surface area contributed by atoms with Crippen molar-refractivity contribution >= 4 is 39.7 Å². The van der Waals surface area contributed by atoms with Gasteiger partial charge in [0.1, 0.15) is 5.82 Å². The van der Waals surface area contributed by atoms with Crippen LogP contribution in [0.5, 0.6) is 0 Å². The Kier molecular flexibility index (Phi) is 4.12. The Balaban J connectivity index is 1.41. The Hall–Kier alpha value is -2.81. The van der Waals surface area contributed by atoms with Crippen molar-refractivity contribution in [2.24, 2.45) is 0 Å². The second-order valence-electron chi connectivity index (χ2n) is 6.76. The first-order chi connectivity index (χ1) is 13.6. The van der Waals surface area contributed by atoms with E-state index in [4.69, 9.17) is 0 Å². The van der Waals surface area contributed by atoms with E-state index < -0.39 is 0 Å². The number of fused-ring (bicyclic) bond motifs is 2. The van der Waals surface area contributed by atoms with E-state index in [1.807, 2.05) is 30.5 Å². The summed E-state index contributed by atoms with van der Waals surface area (Å²) >= 11 is 2.10. The van der Waals surface area contributed by atoms with Gasteiger partial charge in [-0.1, -0.05) is 18.2 Å². The second kappa shape index (κ2) is 6.66. The number of nitrogens with zero attached hydrogens (tertiary/aromatic N) is 4. The summed E-state index contributed by atoms with van der Waals surface area (Å²) < 4.78 is 16.5. The van der Waals surface area contributed by atoms with Gasteiger partial charge in [0.25, 0.3) is 5.91 Å². The summed E-state index contributed by atoms with van der Waals surface area (Å²) in [5.74, 6) is -0.424. The summed E-state index contributed by atoms with van der Waals surface area (Å²) in [6, 6.07) is 14.5. The molecule has 0 fully saturated rings. The fourth-order valence-electron chi connectivity index (χ4n) is 3.55. The van der Waals surface area contributed by atoms with Crippen molar-refractivity contribution in [3.63, 3.8) is 0 Å². The van der Waals surface area contributed by atoms with E-state index in [-0.39, 0.29) is 18.3 Å². The van der Waals surface area contributed by atoms with E-state index in [1.165, 1.54) is 6.07 Å².